The Morgan fingerprint density at radius 3 is 2.79 bits per heavy atom. The monoisotopic (exact) mass is 194 g/mol. The third-order valence-electron chi connectivity index (χ3n) is 3.12. The van der Waals surface area contributed by atoms with Gasteiger partial charge in [-0.3, -0.25) is 0 Å². The average molecular weight is 194 g/mol. The lowest BCUT2D eigenvalue weighted by atomic mass is 9.92. The molecule has 1 unspecified atom stereocenters. The Labute approximate surface area is 87.7 Å². The minimum atomic E-state index is 0.546. The van der Waals surface area contributed by atoms with Crippen molar-refractivity contribution in [3.8, 4) is 6.07 Å². The second-order valence-corrected chi connectivity index (χ2v) is 5.17. The van der Waals surface area contributed by atoms with Crippen molar-refractivity contribution in [3.05, 3.63) is 0 Å². The van der Waals surface area contributed by atoms with Gasteiger partial charge in [-0.2, -0.15) is 5.26 Å². The lowest BCUT2D eigenvalue weighted by Crippen LogP contribution is -2.28. The van der Waals surface area contributed by atoms with Gasteiger partial charge >= 0.3 is 0 Å². The van der Waals surface area contributed by atoms with E-state index in [4.69, 9.17) is 5.26 Å². The largest absolute Gasteiger partial charge is 0.314 e. The summed E-state index contributed by atoms with van der Waals surface area (Å²) in [6, 6.07) is 2.91. The molecule has 2 nitrogen and oxygen atoms in total. The molecule has 0 aromatic rings. The van der Waals surface area contributed by atoms with E-state index in [2.05, 4.69) is 25.2 Å². The zero-order valence-corrected chi connectivity index (χ0v) is 9.47. The Morgan fingerprint density at radius 1 is 1.43 bits per heavy atom. The second kappa shape index (κ2) is 5.36. The summed E-state index contributed by atoms with van der Waals surface area (Å²) in [5.41, 5.74) is 0.546. The van der Waals surface area contributed by atoms with E-state index in [9.17, 15) is 0 Å². The second-order valence-electron chi connectivity index (χ2n) is 5.17. The third-order valence-corrected chi connectivity index (χ3v) is 3.12. The van der Waals surface area contributed by atoms with Crippen molar-refractivity contribution in [1.29, 1.82) is 5.26 Å². The van der Waals surface area contributed by atoms with Gasteiger partial charge in [0, 0.05) is 12.5 Å². The van der Waals surface area contributed by atoms with Gasteiger partial charge in [0.25, 0.3) is 0 Å². The van der Waals surface area contributed by atoms with Gasteiger partial charge in [0.15, 0.2) is 0 Å². The van der Waals surface area contributed by atoms with Crippen LogP contribution in [0.5, 0.6) is 0 Å². The molecule has 0 saturated heterocycles. The molecule has 0 amide bonds. The maximum absolute atomic E-state index is 8.38. The molecule has 0 radical (unpaired) electrons. The number of nitrogens with zero attached hydrogens (tertiary/aromatic N) is 1. The van der Waals surface area contributed by atoms with Crippen LogP contribution in [0.1, 0.15) is 52.4 Å². The fraction of sp³-hybridized carbons (Fsp3) is 0.917. The number of unbranched alkanes of at least 4 members (excludes halogenated alkanes) is 2. The molecule has 14 heavy (non-hydrogen) atoms. The molecule has 1 atom stereocenters. The highest BCUT2D eigenvalue weighted by atomic mass is 14.9. The molecule has 1 aliphatic rings. The van der Waals surface area contributed by atoms with Crippen molar-refractivity contribution in [2.24, 2.45) is 5.41 Å². The molecule has 1 N–H and O–H groups in total. The lowest BCUT2D eigenvalue weighted by molar-refractivity contribution is 0.364. The molecule has 0 aliphatic heterocycles. The van der Waals surface area contributed by atoms with Gasteiger partial charge in [-0.25, -0.2) is 0 Å². The van der Waals surface area contributed by atoms with Crippen LogP contribution in [0.15, 0.2) is 0 Å². The lowest BCUT2D eigenvalue weighted by Gasteiger charge is -2.17. The van der Waals surface area contributed by atoms with Crippen LogP contribution in [-0.4, -0.2) is 12.6 Å². The molecule has 0 aromatic heterocycles. The fourth-order valence-electron chi connectivity index (χ4n) is 2.25. The summed E-state index contributed by atoms with van der Waals surface area (Å²) in [7, 11) is 0. The van der Waals surface area contributed by atoms with E-state index >= 15 is 0 Å². The quantitative estimate of drug-likeness (QED) is 0.683. The fourth-order valence-corrected chi connectivity index (χ4v) is 2.25. The van der Waals surface area contributed by atoms with Crippen LogP contribution in [0.4, 0.5) is 0 Å². The molecule has 0 bridgehead atoms. The zero-order chi connectivity index (χ0) is 10.4. The Kier molecular flexibility index (Phi) is 4.41. The molecule has 1 fully saturated rings. The van der Waals surface area contributed by atoms with Crippen LogP contribution in [0.25, 0.3) is 0 Å². The summed E-state index contributed by atoms with van der Waals surface area (Å²) >= 11 is 0. The Hall–Kier alpha value is -0.550. The van der Waals surface area contributed by atoms with Crippen molar-refractivity contribution in [2.75, 3.05) is 6.54 Å². The van der Waals surface area contributed by atoms with Crippen LogP contribution in [0.2, 0.25) is 0 Å². The van der Waals surface area contributed by atoms with Crippen molar-refractivity contribution in [2.45, 2.75) is 58.4 Å². The molecule has 80 valence electrons. The standard InChI is InChI=1S/C12H22N2/c1-12(2)7-6-11(10-12)14-9-5-3-4-8-13/h11,14H,3-7,9-10H2,1-2H3. The summed E-state index contributed by atoms with van der Waals surface area (Å²) < 4.78 is 0. The third kappa shape index (κ3) is 4.11. The van der Waals surface area contributed by atoms with Crippen molar-refractivity contribution < 1.29 is 0 Å². The first-order valence-corrected chi connectivity index (χ1v) is 5.74. The maximum Gasteiger partial charge on any atom is 0.0621 e. The van der Waals surface area contributed by atoms with Crippen LogP contribution in [-0.2, 0) is 0 Å². The van der Waals surface area contributed by atoms with Crippen LogP contribution in [0, 0.1) is 16.7 Å². The van der Waals surface area contributed by atoms with Gasteiger partial charge < -0.3 is 5.32 Å². The highest BCUT2D eigenvalue weighted by molar-refractivity contribution is 4.86. The van der Waals surface area contributed by atoms with Gasteiger partial charge in [-0.1, -0.05) is 13.8 Å². The van der Waals surface area contributed by atoms with Gasteiger partial charge in [0.1, 0.15) is 0 Å². The van der Waals surface area contributed by atoms with Gasteiger partial charge in [-0.05, 0) is 44.1 Å². The average Bonchev–Trinajstić information content (AvgIpc) is 2.45. The number of hydrogen-bond donors (Lipinski definition) is 1. The van der Waals surface area contributed by atoms with E-state index in [1.165, 1.54) is 19.3 Å². The normalized spacial score (nSPS) is 24.8. The molecular formula is C12H22N2. The predicted molar refractivity (Wildman–Crippen MR) is 58.9 cm³/mol. The summed E-state index contributed by atoms with van der Waals surface area (Å²) in [6.07, 6.45) is 6.88. The Bertz CT molecular complexity index is 203. The van der Waals surface area contributed by atoms with Gasteiger partial charge in [0.05, 0.1) is 6.07 Å². The summed E-state index contributed by atoms with van der Waals surface area (Å²) in [4.78, 5) is 0. The van der Waals surface area contributed by atoms with E-state index in [-0.39, 0.29) is 0 Å². The first kappa shape index (κ1) is 11.5. The molecule has 1 aliphatic carbocycles. The molecule has 1 rings (SSSR count). The first-order valence-electron chi connectivity index (χ1n) is 5.74. The summed E-state index contributed by atoms with van der Waals surface area (Å²) in [6.45, 7) is 5.79. The molecule has 0 aromatic carbocycles. The van der Waals surface area contributed by atoms with E-state index in [1.807, 2.05) is 0 Å². The topological polar surface area (TPSA) is 35.8 Å². The van der Waals surface area contributed by atoms with Gasteiger partial charge in [0.2, 0.25) is 0 Å². The minimum absolute atomic E-state index is 0.546. The number of hydrogen-bond acceptors (Lipinski definition) is 2. The maximum atomic E-state index is 8.38. The van der Waals surface area contributed by atoms with Crippen LogP contribution >= 0.6 is 0 Å². The summed E-state index contributed by atoms with van der Waals surface area (Å²) in [5, 5.41) is 12.0. The minimum Gasteiger partial charge on any atom is -0.314 e. The first-order chi connectivity index (χ1) is 6.64. The SMILES string of the molecule is CC1(C)CCC(NCCCCC#N)C1. The molecular weight excluding hydrogens is 172 g/mol. The van der Waals surface area contributed by atoms with E-state index < -0.39 is 0 Å². The number of nitriles is 1. The van der Waals surface area contributed by atoms with Crippen molar-refractivity contribution in [1.82, 2.24) is 5.32 Å². The van der Waals surface area contributed by atoms with Gasteiger partial charge in [-0.15, -0.1) is 0 Å². The van der Waals surface area contributed by atoms with E-state index in [0.29, 0.717) is 11.8 Å². The Morgan fingerprint density at radius 2 is 2.21 bits per heavy atom. The van der Waals surface area contributed by atoms with Crippen molar-refractivity contribution >= 4 is 0 Å². The number of rotatable bonds is 5. The van der Waals surface area contributed by atoms with Crippen molar-refractivity contribution in [3.63, 3.8) is 0 Å². The highest BCUT2D eigenvalue weighted by Gasteiger charge is 2.30. The van der Waals surface area contributed by atoms with E-state index in [0.717, 1.165) is 25.4 Å². The smallest absolute Gasteiger partial charge is 0.0621 e. The van der Waals surface area contributed by atoms with Crippen LogP contribution in [0.3, 0.4) is 0 Å². The van der Waals surface area contributed by atoms with E-state index in [1.54, 1.807) is 0 Å². The molecule has 0 spiro atoms. The molecule has 0 heterocycles. The highest BCUT2D eigenvalue weighted by Crippen LogP contribution is 2.36. The number of nitrogens with one attached hydrogen (secondary N) is 1. The molecule has 2 heteroatoms. The zero-order valence-electron chi connectivity index (χ0n) is 9.47. The van der Waals surface area contributed by atoms with Crippen LogP contribution < -0.4 is 5.32 Å². The Balaban J connectivity index is 2.01. The molecule has 1 saturated carbocycles. The summed E-state index contributed by atoms with van der Waals surface area (Å²) in [5.74, 6) is 0. The predicted octanol–water partition coefficient (Wildman–Crippen LogP) is 2.85.